The Kier molecular flexibility index (Phi) is 6.37. The van der Waals surface area contributed by atoms with Gasteiger partial charge in [0.2, 0.25) is 0 Å². The molecule has 0 spiro atoms. The molecule has 128 valence electrons. The van der Waals surface area contributed by atoms with Crippen LogP contribution in [-0.2, 0) is 10.8 Å². The van der Waals surface area contributed by atoms with E-state index in [2.05, 4.69) is 10.6 Å². The van der Waals surface area contributed by atoms with Crippen LogP contribution in [0.3, 0.4) is 0 Å². The Morgan fingerprint density at radius 2 is 1.75 bits per heavy atom. The highest BCUT2D eigenvalue weighted by Crippen LogP contribution is 2.28. The summed E-state index contributed by atoms with van der Waals surface area (Å²) in [5, 5.41) is 6.12. The molecule has 2 aromatic carbocycles. The molecule has 1 amide bonds. The molecule has 2 rings (SSSR count). The van der Waals surface area contributed by atoms with Crippen LogP contribution in [0.15, 0.2) is 48.5 Å². The van der Waals surface area contributed by atoms with Crippen LogP contribution in [0.1, 0.15) is 17.3 Å². The van der Waals surface area contributed by atoms with Crippen LogP contribution < -0.4 is 15.4 Å². The third kappa shape index (κ3) is 4.83. The highest BCUT2D eigenvalue weighted by molar-refractivity contribution is 7.84. The minimum absolute atomic E-state index is 0.164. The van der Waals surface area contributed by atoms with Crippen LogP contribution >= 0.6 is 0 Å². The highest BCUT2D eigenvalue weighted by atomic mass is 32.2. The first-order chi connectivity index (χ1) is 11.5. The molecule has 0 radical (unpaired) electrons. The second-order valence-electron chi connectivity index (χ2n) is 5.49. The largest absolute Gasteiger partial charge is 0.495 e. The highest BCUT2D eigenvalue weighted by Gasteiger charge is 2.15. The normalized spacial score (nSPS) is 13.0. The first-order valence-corrected chi connectivity index (χ1v) is 9.34. The Balaban J connectivity index is 2.21. The van der Waals surface area contributed by atoms with E-state index in [9.17, 15) is 9.00 Å². The molecule has 6 heteroatoms. The van der Waals surface area contributed by atoms with Crippen LogP contribution in [0.5, 0.6) is 5.75 Å². The summed E-state index contributed by atoms with van der Waals surface area (Å²) in [5.74, 6) is 0.918. The van der Waals surface area contributed by atoms with Crippen LogP contribution in [0, 0.1) is 0 Å². The Bertz CT molecular complexity index is 734. The fourth-order valence-corrected chi connectivity index (χ4v) is 3.17. The number of hydrogen-bond acceptors (Lipinski definition) is 4. The number of carbonyl (C=O) groups is 1. The van der Waals surface area contributed by atoms with Gasteiger partial charge in [0.05, 0.1) is 24.0 Å². The van der Waals surface area contributed by atoms with Crippen LogP contribution in [-0.4, -0.2) is 35.3 Å². The Labute approximate surface area is 144 Å². The van der Waals surface area contributed by atoms with Crippen molar-refractivity contribution in [3.63, 3.8) is 0 Å². The van der Waals surface area contributed by atoms with E-state index in [-0.39, 0.29) is 11.9 Å². The van der Waals surface area contributed by atoms with Gasteiger partial charge in [0, 0.05) is 28.9 Å². The van der Waals surface area contributed by atoms with Gasteiger partial charge < -0.3 is 15.4 Å². The van der Waals surface area contributed by atoms with Gasteiger partial charge in [-0.1, -0.05) is 24.3 Å². The van der Waals surface area contributed by atoms with Gasteiger partial charge in [-0.05, 0) is 31.2 Å². The topological polar surface area (TPSA) is 67.4 Å². The van der Waals surface area contributed by atoms with Crippen molar-refractivity contribution in [3.05, 3.63) is 54.1 Å². The molecule has 0 heterocycles. The van der Waals surface area contributed by atoms with E-state index in [1.54, 1.807) is 19.4 Å². The fourth-order valence-electron chi connectivity index (χ4n) is 2.38. The molecule has 2 atom stereocenters. The number of anilines is 2. The minimum Gasteiger partial charge on any atom is -0.495 e. The molecule has 0 fully saturated rings. The van der Waals surface area contributed by atoms with E-state index in [0.29, 0.717) is 22.8 Å². The van der Waals surface area contributed by atoms with Gasteiger partial charge in [0.25, 0.3) is 5.91 Å². The van der Waals surface area contributed by atoms with Crippen LogP contribution in [0.4, 0.5) is 11.4 Å². The number of para-hydroxylation sites is 3. The lowest BCUT2D eigenvalue weighted by atomic mass is 10.1. The number of nitrogens with one attached hydrogen (secondary N) is 2. The summed E-state index contributed by atoms with van der Waals surface area (Å²) in [6.45, 7) is 1.84. The molecule has 2 N–H and O–H groups in total. The second-order valence-corrected chi connectivity index (χ2v) is 6.96. The lowest BCUT2D eigenvalue weighted by Gasteiger charge is -2.16. The van der Waals surface area contributed by atoms with Gasteiger partial charge in [-0.15, -0.1) is 0 Å². The van der Waals surface area contributed by atoms with E-state index in [1.807, 2.05) is 49.4 Å². The molecule has 0 aliphatic carbocycles. The maximum Gasteiger partial charge on any atom is 0.253 e. The van der Waals surface area contributed by atoms with Crippen LogP contribution in [0.25, 0.3) is 0 Å². The summed E-state index contributed by atoms with van der Waals surface area (Å²) in [7, 11) is 0.646. The number of ether oxygens (including phenoxy) is 1. The van der Waals surface area contributed by atoms with Crippen molar-refractivity contribution >= 4 is 28.1 Å². The van der Waals surface area contributed by atoms with Gasteiger partial charge in [-0.25, -0.2) is 0 Å². The second kappa shape index (κ2) is 8.49. The molecule has 0 aromatic heterocycles. The van der Waals surface area contributed by atoms with Crippen molar-refractivity contribution in [1.29, 1.82) is 0 Å². The smallest absolute Gasteiger partial charge is 0.253 e. The number of hydrogen-bond donors (Lipinski definition) is 2. The zero-order valence-corrected chi connectivity index (χ0v) is 14.9. The molecular formula is C18H22N2O3S. The Morgan fingerprint density at radius 3 is 2.42 bits per heavy atom. The summed E-state index contributed by atoms with van der Waals surface area (Å²) in [5.41, 5.74) is 1.99. The molecule has 0 aliphatic heterocycles. The first-order valence-electron chi connectivity index (χ1n) is 7.61. The third-order valence-corrected chi connectivity index (χ3v) is 4.38. The molecule has 0 saturated carbocycles. The Morgan fingerprint density at radius 1 is 1.12 bits per heavy atom. The summed E-state index contributed by atoms with van der Waals surface area (Å²) in [6, 6.07) is 14.6. The standard InChI is InChI=1S/C18H22N2O3S/c1-13(12-24(3)22)19-18(21)14-8-4-5-9-15(14)20-16-10-6-7-11-17(16)23-2/h4-11,13,20H,12H2,1-3H3,(H,19,21)/t13-,24-/m0/s1. The number of amides is 1. The first kappa shape index (κ1) is 18.0. The number of carbonyl (C=O) groups excluding carboxylic acids is 1. The maximum atomic E-state index is 12.5. The van der Waals surface area contributed by atoms with Gasteiger partial charge in [0.1, 0.15) is 5.75 Å². The summed E-state index contributed by atoms with van der Waals surface area (Å²) in [6.07, 6.45) is 1.62. The molecule has 0 saturated heterocycles. The van der Waals surface area contributed by atoms with Crippen molar-refractivity contribution in [2.45, 2.75) is 13.0 Å². The molecule has 2 aromatic rings. The summed E-state index contributed by atoms with van der Waals surface area (Å²) in [4.78, 5) is 12.5. The van der Waals surface area contributed by atoms with Crippen molar-refractivity contribution < 1.29 is 13.7 Å². The third-order valence-electron chi connectivity index (χ3n) is 3.41. The van der Waals surface area contributed by atoms with Crippen molar-refractivity contribution in [2.24, 2.45) is 0 Å². The van der Waals surface area contributed by atoms with Crippen molar-refractivity contribution in [3.8, 4) is 5.75 Å². The maximum absolute atomic E-state index is 12.5. The minimum atomic E-state index is -0.957. The molecule has 0 unspecified atom stereocenters. The van der Waals surface area contributed by atoms with E-state index in [0.717, 1.165) is 5.69 Å². The quantitative estimate of drug-likeness (QED) is 0.809. The number of methoxy groups -OCH3 is 1. The zero-order chi connectivity index (χ0) is 17.5. The van der Waals surface area contributed by atoms with Crippen LogP contribution in [0.2, 0.25) is 0 Å². The van der Waals surface area contributed by atoms with Crippen molar-refractivity contribution in [2.75, 3.05) is 24.4 Å². The molecule has 5 nitrogen and oxygen atoms in total. The van der Waals surface area contributed by atoms with Gasteiger partial charge in [-0.3, -0.25) is 9.00 Å². The van der Waals surface area contributed by atoms with Gasteiger partial charge >= 0.3 is 0 Å². The number of rotatable bonds is 7. The Hall–Kier alpha value is -2.34. The van der Waals surface area contributed by atoms with E-state index >= 15 is 0 Å². The monoisotopic (exact) mass is 346 g/mol. The zero-order valence-electron chi connectivity index (χ0n) is 14.0. The summed E-state index contributed by atoms with van der Waals surface area (Å²) >= 11 is 0. The molecule has 24 heavy (non-hydrogen) atoms. The molecule has 0 aliphatic rings. The van der Waals surface area contributed by atoms with E-state index < -0.39 is 10.8 Å². The molecular weight excluding hydrogens is 324 g/mol. The van der Waals surface area contributed by atoms with Crippen molar-refractivity contribution in [1.82, 2.24) is 5.32 Å². The fraction of sp³-hybridized carbons (Fsp3) is 0.278. The lowest BCUT2D eigenvalue weighted by molar-refractivity contribution is 0.0944. The average Bonchev–Trinajstić information content (AvgIpc) is 2.55. The average molecular weight is 346 g/mol. The predicted molar refractivity (Wildman–Crippen MR) is 98.6 cm³/mol. The van der Waals surface area contributed by atoms with E-state index in [4.69, 9.17) is 4.74 Å². The lowest BCUT2D eigenvalue weighted by Crippen LogP contribution is -2.36. The SMILES string of the molecule is COc1ccccc1Nc1ccccc1C(=O)N[C@@H](C)C[S@](C)=O. The summed E-state index contributed by atoms with van der Waals surface area (Å²) < 4.78 is 16.6. The van der Waals surface area contributed by atoms with E-state index in [1.165, 1.54) is 0 Å². The number of benzene rings is 2. The predicted octanol–water partition coefficient (Wildman–Crippen LogP) is 2.94. The van der Waals surface area contributed by atoms with Gasteiger partial charge in [-0.2, -0.15) is 0 Å². The molecule has 0 bridgehead atoms. The van der Waals surface area contributed by atoms with Gasteiger partial charge in [0.15, 0.2) is 0 Å².